The van der Waals surface area contributed by atoms with Gasteiger partial charge < -0.3 is 11.1 Å². The lowest BCUT2D eigenvalue weighted by atomic mass is 9.83. The van der Waals surface area contributed by atoms with Crippen LogP contribution in [0.2, 0.25) is 0 Å². The number of nitrogens with two attached hydrogens (primary N) is 1. The summed E-state index contributed by atoms with van der Waals surface area (Å²) in [6.07, 6.45) is 5.89. The van der Waals surface area contributed by atoms with Crippen LogP contribution in [0.1, 0.15) is 42.5 Å². The lowest BCUT2D eigenvalue weighted by Gasteiger charge is -2.30. The van der Waals surface area contributed by atoms with E-state index in [9.17, 15) is 4.79 Å². The molecule has 0 saturated heterocycles. The molecule has 0 bridgehead atoms. The molecule has 3 N–H and O–H groups in total. The first-order valence-corrected chi connectivity index (χ1v) is 8.79. The second kappa shape index (κ2) is 6.99. The first kappa shape index (κ1) is 15.2. The summed E-state index contributed by atoms with van der Waals surface area (Å²) in [6, 6.07) is 1.72. The van der Waals surface area contributed by atoms with Crippen LogP contribution in [0.15, 0.2) is 11.4 Å². The van der Waals surface area contributed by atoms with Crippen molar-refractivity contribution in [2.75, 3.05) is 0 Å². The SMILES string of the molecule is NC(=S)C(NC(=O)c1csc(I)c1)C1CCCCC1. The monoisotopic (exact) mass is 408 g/mol. The number of carbonyl (C=O) groups is 1. The van der Waals surface area contributed by atoms with E-state index in [0.717, 1.165) is 15.7 Å². The molecule has 1 aliphatic rings. The van der Waals surface area contributed by atoms with E-state index in [1.54, 1.807) is 11.3 Å². The Hall–Kier alpha value is -0.210. The Morgan fingerprint density at radius 2 is 2.16 bits per heavy atom. The van der Waals surface area contributed by atoms with Gasteiger partial charge in [0.15, 0.2) is 0 Å². The van der Waals surface area contributed by atoms with Crippen LogP contribution in [0.25, 0.3) is 0 Å². The van der Waals surface area contributed by atoms with Crippen LogP contribution >= 0.6 is 46.1 Å². The molecular formula is C13H17IN2OS2. The standard InChI is InChI=1S/C13H17IN2OS2/c14-10-6-9(7-19-10)13(17)16-11(12(15)18)8-4-2-1-3-5-8/h6-8,11H,1-5H2,(H2,15,18)(H,16,17). The molecule has 0 aromatic carbocycles. The fourth-order valence-corrected chi connectivity index (χ4v) is 4.12. The molecule has 1 fully saturated rings. The molecule has 0 aliphatic heterocycles. The van der Waals surface area contributed by atoms with Gasteiger partial charge in [-0.1, -0.05) is 31.5 Å². The van der Waals surface area contributed by atoms with Crippen LogP contribution in [0.5, 0.6) is 0 Å². The maximum atomic E-state index is 12.2. The third-order valence-electron chi connectivity index (χ3n) is 3.54. The van der Waals surface area contributed by atoms with Gasteiger partial charge in [0.2, 0.25) is 0 Å². The molecule has 0 spiro atoms. The average Bonchev–Trinajstić information content (AvgIpc) is 2.83. The summed E-state index contributed by atoms with van der Waals surface area (Å²) in [6.45, 7) is 0. The highest BCUT2D eigenvalue weighted by Gasteiger charge is 2.27. The van der Waals surface area contributed by atoms with E-state index in [1.165, 1.54) is 19.3 Å². The Morgan fingerprint density at radius 3 is 2.68 bits per heavy atom. The van der Waals surface area contributed by atoms with Crippen molar-refractivity contribution in [3.63, 3.8) is 0 Å². The van der Waals surface area contributed by atoms with Crippen LogP contribution in [-0.4, -0.2) is 16.9 Å². The number of rotatable bonds is 4. The van der Waals surface area contributed by atoms with Gasteiger partial charge in [-0.2, -0.15) is 0 Å². The molecule has 1 aromatic rings. The van der Waals surface area contributed by atoms with E-state index >= 15 is 0 Å². The van der Waals surface area contributed by atoms with Crippen molar-refractivity contribution in [3.8, 4) is 0 Å². The zero-order valence-corrected chi connectivity index (χ0v) is 14.3. The van der Waals surface area contributed by atoms with Crippen molar-refractivity contribution in [1.29, 1.82) is 0 Å². The van der Waals surface area contributed by atoms with E-state index in [-0.39, 0.29) is 11.9 Å². The smallest absolute Gasteiger partial charge is 0.252 e. The van der Waals surface area contributed by atoms with Crippen molar-refractivity contribution in [2.45, 2.75) is 38.1 Å². The van der Waals surface area contributed by atoms with Crippen molar-refractivity contribution < 1.29 is 4.79 Å². The summed E-state index contributed by atoms with van der Waals surface area (Å²) in [5.74, 6) is 0.329. The molecule has 1 saturated carbocycles. The molecule has 2 rings (SSSR count). The Morgan fingerprint density at radius 1 is 1.47 bits per heavy atom. The number of hydrogen-bond donors (Lipinski definition) is 2. The molecule has 6 heteroatoms. The molecule has 1 aromatic heterocycles. The third kappa shape index (κ3) is 4.13. The summed E-state index contributed by atoms with van der Waals surface area (Å²) in [4.78, 5) is 12.6. The van der Waals surface area contributed by atoms with E-state index < -0.39 is 0 Å². The zero-order chi connectivity index (χ0) is 13.8. The summed E-state index contributed by atoms with van der Waals surface area (Å²) in [5, 5.41) is 4.88. The fraction of sp³-hybridized carbons (Fsp3) is 0.538. The highest BCUT2D eigenvalue weighted by molar-refractivity contribution is 14.1. The summed E-state index contributed by atoms with van der Waals surface area (Å²) in [5.41, 5.74) is 6.52. The highest BCUT2D eigenvalue weighted by atomic mass is 127. The quantitative estimate of drug-likeness (QED) is 0.594. The normalized spacial score (nSPS) is 17.9. The lowest BCUT2D eigenvalue weighted by molar-refractivity contribution is 0.0932. The van der Waals surface area contributed by atoms with Gasteiger partial charge in [0, 0.05) is 5.38 Å². The van der Waals surface area contributed by atoms with Gasteiger partial charge in [-0.15, -0.1) is 11.3 Å². The summed E-state index contributed by atoms with van der Waals surface area (Å²) in [7, 11) is 0. The minimum Gasteiger partial charge on any atom is -0.392 e. The van der Waals surface area contributed by atoms with Crippen LogP contribution < -0.4 is 11.1 Å². The van der Waals surface area contributed by atoms with Gasteiger partial charge in [0.1, 0.15) is 0 Å². The van der Waals surface area contributed by atoms with E-state index in [4.69, 9.17) is 18.0 Å². The van der Waals surface area contributed by atoms with E-state index in [0.29, 0.717) is 16.5 Å². The molecule has 1 amide bonds. The highest BCUT2D eigenvalue weighted by Crippen LogP contribution is 2.27. The van der Waals surface area contributed by atoms with Gasteiger partial charge >= 0.3 is 0 Å². The number of hydrogen-bond acceptors (Lipinski definition) is 3. The Balaban J connectivity index is 2.04. The zero-order valence-electron chi connectivity index (χ0n) is 10.5. The predicted octanol–water partition coefficient (Wildman–Crippen LogP) is 3.32. The minimum atomic E-state index is -0.166. The molecule has 3 nitrogen and oxygen atoms in total. The maximum Gasteiger partial charge on any atom is 0.252 e. The largest absolute Gasteiger partial charge is 0.392 e. The van der Waals surface area contributed by atoms with Gasteiger partial charge in [-0.25, -0.2) is 0 Å². The van der Waals surface area contributed by atoms with Gasteiger partial charge in [0.05, 0.1) is 19.5 Å². The molecule has 19 heavy (non-hydrogen) atoms. The number of halogens is 1. The van der Waals surface area contributed by atoms with Crippen molar-refractivity contribution in [3.05, 3.63) is 19.9 Å². The van der Waals surface area contributed by atoms with Gasteiger partial charge in [-0.3, -0.25) is 4.79 Å². The molecule has 0 radical (unpaired) electrons. The number of carbonyl (C=O) groups excluding carboxylic acids is 1. The van der Waals surface area contributed by atoms with E-state index in [1.807, 2.05) is 11.4 Å². The second-order valence-corrected chi connectivity index (χ2v) is 8.17. The molecular weight excluding hydrogens is 391 g/mol. The molecule has 1 atom stereocenters. The number of thiocarbonyl (C=S) groups is 1. The van der Waals surface area contributed by atoms with Crippen LogP contribution in [0.3, 0.4) is 0 Å². The molecule has 104 valence electrons. The van der Waals surface area contributed by atoms with Crippen LogP contribution in [0.4, 0.5) is 0 Å². The number of amides is 1. The first-order chi connectivity index (χ1) is 9.08. The second-order valence-electron chi connectivity index (χ2n) is 4.89. The Bertz CT molecular complexity index is 469. The lowest BCUT2D eigenvalue weighted by Crippen LogP contribution is -2.48. The van der Waals surface area contributed by atoms with E-state index in [2.05, 4.69) is 27.9 Å². The topological polar surface area (TPSA) is 55.1 Å². The Kier molecular flexibility index (Phi) is 5.58. The molecule has 1 heterocycles. The van der Waals surface area contributed by atoms with Crippen molar-refractivity contribution in [2.24, 2.45) is 11.7 Å². The first-order valence-electron chi connectivity index (χ1n) is 6.42. The van der Waals surface area contributed by atoms with Crippen molar-refractivity contribution >= 4 is 57.0 Å². The van der Waals surface area contributed by atoms with Crippen LogP contribution in [0, 0.1) is 8.80 Å². The third-order valence-corrected chi connectivity index (χ3v) is 5.59. The predicted molar refractivity (Wildman–Crippen MR) is 91.7 cm³/mol. The molecule has 1 unspecified atom stereocenters. The number of thiophene rings is 1. The maximum absolute atomic E-state index is 12.2. The summed E-state index contributed by atoms with van der Waals surface area (Å²) >= 11 is 8.91. The van der Waals surface area contributed by atoms with Crippen LogP contribution in [-0.2, 0) is 0 Å². The van der Waals surface area contributed by atoms with Gasteiger partial charge in [-0.05, 0) is 47.4 Å². The summed E-state index contributed by atoms with van der Waals surface area (Å²) < 4.78 is 1.10. The minimum absolute atomic E-state index is 0.0671. The van der Waals surface area contributed by atoms with Gasteiger partial charge in [0.25, 0.3) is 5.91 Å². The van der Waals surface area contributed by atoms with Crippen molar-refractivity contribution in [1.82, 2.24) is 5.32 Å². The fourth-order valence-electron chi connectivity index (χ4n) is 2.54. The Labute approximate surface area is 136 Å². The average molecular weight is 408 g/mol. The molecule has 1 aliphatic carbocycles. The number of nitrogens with one attached hydrogen (secondary N) is 1.